The molecule has 2 N–H and O–H groups in total. The lowest BCUT2D eigenvalue weighted by molar-refractivity contribution is 0.197. The van der Waals surface area contributed by atoms with Crippen LogP contribution in [-0.2, 0) is 6.42 Å². The van der Waals surface area contributed by atoms with E-state index in [0.29, 0.717) is 12.6 Å². The number of rotatable bonds is 5. The van der Waals surface area contributed by atoms with Crippen LogP contribution < -0.4 is 0 Å². The lowest BCUT2D eigenvalue weighted by atomic mass is 10.1. The van der Waals surface area contributed by atoms with Gasteiger partial charge >= 0.3 is 0 Å². The van der Waals surface area contributed by atoms with Gasteiger partial charge in [-0.1, -0.05) is 18.2 Å². The molecule has 0 spiro atoms. The number of fused-ring (bicyclic) bond motifs is 1. The van der Waals surface area contributed by atoms with Crippen molar-refractivity contribution in [2.45, 2.75) is 31.7 Å². The molecule has 3 heteroatoms. The number of nitrogens with one attached hydrogen (secondary N) is 1. The number of likely N-dealkylation sites (tertiary alicyclic amines) is 1. The van der Waals surface area contributed by atoms with Gasteiger partial charge in [-0.05, 0) is 43.9 Å². The first-order valence-electron chi connectivity index (χ1n) is 7.28. The van der Waals surface area contributed by atoms with E-state index in [2.05, 4.69) is 40.3 Å². The molecular formula is C16H22N2O. The Labute approximate surface area is 114 Å². The molecule has 0 bridgehead atoms. The van der Waals surface area contributed by atoms with Crippen molar-refractivity contribution in [3.05, 3.63) is 36.0 Å². The minimum absolute atomic E-state index is 0.314. The SMILES string of the molecule is OCCC1CCCN1CCc1c[nH]c2ccccc12. The first kappa shape index (κ1) is 12.7. The zero-order valence-electron chi connectivity index (χ0n) is 11.3. The number of nitrogens with zero attached hydrogens (tertiary/aromatic N) is 1. The van der Waals surface area contributed by atoms with Gasteiger partial charge in [0.05, 0.1) is 0 Å². The van der Waals surface area contributed by atoms with Gasteiger partial charge in [0, 0.05) is 36.3 Å². The van der Waals surface area contributed by atoms with E-state index >= 15 is 0 Å². The van der Waals surface area contributed by atoms with Crippen LogP contribution in [0.3, 0.4) is 0 Å². The highest BCUT2D eigenvalue weighted by molar-refractivity contribution is 5.83. The van der Waals surface area contributed by atoms with E-state index in [1.807, 2.05) is 0 Å². The summed E-state index contributed by atoms with van der Waals surface area (Å²) in [5.74, 6) is 0. The molecule has 102 valence electrons. The van der Waals surface area contributed by atoms with Crippen molar-refractivity contribution in [1.82, 2.24) is 9.88 Å². The number of aromatic nitrogens is 1. The molecule has 19 heavy (non-hydrogen) atoms. The standard InChI is InChI=1S/C16H22N2O/c19-11-8-14-4-3-9-18(14)10-7-13-12-17-16-6-2-1-5-15(13)16/h1-2,5-6,12,14,17,19H,3-4,7-11H2. The summed E-state index contributed by atoms with van der Waals surface area (Å²) in [7, 11) is 0. The molecule has 1 atom stereocenters. The predicted molar refractivity (Wildman–Crippen MR) is 78.3 cm³/mol. The molecule has 3 rings (SSSR count). The van der Waals surface area contributed by atoms with Gasteiger partial charge in [-0.25, -0.2) is 0 Å². The minimum atomic E-state index is 0.314. The zero-order valence-corrected chi connectivity index (χ0v) is 11.3. The maximum Gasteiger partial charge on any atom is 0.0456 e. The van der Waals surface area contributed by atoms with Gasteiger partial charge in [0.2, 0.25) is 0 Å². The van der Waals surface area contributed by atoms with Gasteiger partial charge in [0.25, 0.3) is 0 Å². The Balaban J connectivity index is 1.65. The fourth-order valence-electron chi connectivity index (χ4n) is 3.27. The molecule has 1 saturated heterocycles. The van der Waals surface area contributed by atoms with Crippen LogP contribution in [0, 0.1) is 0 Å². The van der Waals surface area contributed by atoms with Crippen molar-refractivity contribution >= 4 is 10.9 Å². The molecule has 1 fully saturated rings. The number of aliphatic hydroxyl groups excluding tert-OH is 1. The van der Waals surface area contributed by atoms with E-state index < -0.39 is 0 Å². The van der Waals surface area contributed by atoms with Crippen LogP contribution in [0.4, 0.5) is 0 Å². The Kier molecular flexibility index (Phi) is 3.85. The maximum atomic E-state index is 9.11. The number of para-hydroxylation sites is 1. The monoisotopic (exact) mass is 258 g/mol. The number of aromatic amines is 1. The molecular weight excluding hydrogens is 236 g/mol. The first-order chi connectivity index (χ1) is 9.38. The molecule has 0 aliphatic carbocycles. The highest BCUT2D eigenvalue weighted by Crippen LogP contribution is 2.22. The lowest BCUT2D eigenvalue weighted by Gasteiger charge is -2.23. The van der Waals surface area contributed by atoms with E-state index in [1.54, 1.807) is 0 Å². The summed E-state index contributed by atoms with van der Waals surface area (Å²) in [6.07, 6.45) is 6.68. The zero-order chi connectivity index (χ0) is 13.1. The highest BCUT2D eigenvalue weighted by atomic mass is 16.3. The number of hydrogen-bond acceptors (Lipinski definition) is 2. The maximum absolute atomic E-state index is 9.11. The third-order valence-electron chi connectivity index (χ3n) is 4.30. The Morgan fingerprint density at radius 2 is 2.21 bits per heavy atom. The van der Waals surface area contributed by atoms with Gasteiger partial charge in [0.1, 0.15) is 0 Å². The Bertz CT molecular complexity index is 534. The number of benzene rings is 1. The third kappa shape index (κ3) is 2.67. The van der Waals surface area contributed by atoms with Crippen LogP contribution in [0.1, 0.15) is 24.8 Å². The summed E-state index contributed by atoms with van der Waals surface area (Å²) in [5.41, 5.74) is 2.64. The molecule has 2 aromatic rings. The fourth-order valence-corrected chi connectivity index (χ4v) is 3.27. The minimum Gasteiger partial charge on any atom is -0.396 e. The molecule has 1 aromatic heterocycles. The van der Waals surface area contributed by atoms with Crippen molar-refractivity contribution < 1.29 is 5.11 Å². The third-order valence-corrected chi connectivity index (χ3v) is 4.30. The second-order valence-electron chi connectivity index (χ2n) is 5.45. The fraction of sp³-hybridized carbons (Fsp3) is 0.500. The predicted octanol–water partition coefficient (Wildman–Crippen LogP) is 2.56. The number of aliphatic hydroxyl groups is 1. The number of hydrogen-bond donors (Lipinski definition) is 2. The van der Waals surface area contributed by atoms with E-state index in [0.717, 1.165) is 19.4 Å². The van der Waals surface area contributed by atoms with Gasteiger partial charge in [-0.2, -0.15) is 0 Å². The van der Waals surface area contributed by atoms with Crippen molar-refractivity contribution in [2.75, 3.05) is 19.7 Å². The summed E-state index contributed by atoms with van der Waals surface area (Å²) in [6.45, 7) is 2.60. The van der Waals surface area contributed by atoms with E-state index in [-0.39, 0.29) is 0 Å². The number of H-pyrrole nitrogens is 1. The molecule has 1 unspecified atom stereocenters. The van der Waals surface area contributed by atoms with Gasteiger partial charge in [-0.3, -0.25) is 4.90 Å². The first-order valence-corrected chi connectivity index (χ1v) is 7.28. The highest BCUT2D eigenvalue weighted by Gasteiger charge is 2.23. The smallest absolute Gasteiger partial charge is 0.0456 e. The van der Waals surface area contributed by atoms with Crippen LogP contribution >= 0.6 is 0 Å². The summed E-state index contributed by atoms with van der Waals surface area (Å²) >= 11 is 0. The molecule has 0 amide bonds. The topological polar surface area (TPSA) is 39.3 Å². The molecule has 0 radical (unpaired) electrons. The Hall–Kier alpha value is -1.32. The van der Waals surface area contributed by atoms with Crippen LogP contribution in [0.2, 0.25) is 0 Å². The van der Waals surface area contributed by atoms with E-state index in [4.69, 9.17) is 5.11 Å². The molecule has 1 aliphatic rings. The van der Waals surface area contributed by atoms with Crippen LogP contribution in [0.25, 0.3) is 10.9 Å². The normalized spacial score (nSPS) is 20.4. The average molecular weight is 258 g/mol. The van der Waals surface area contributed by atoms with Gasteiger partial charge in [0.15, 0.2) is 0 Å². The summed E-state index contributed by atoms with van der Waals surface area (Å²) in [5, 5.41) is 10.5. The summed E-state index contributed by atoms with van der Waals surface area (Å²) in [6, 6.07) is 9.08. The summed E-state index contributed by atoms with van der Waals surface area (Å²) < 4.78 is 0. The van der Waals surface area contributed by atoms with Crippen molar-refractivity contribution in [2.24, 2.45) is 0 Å². The van der Waals surface area contributed by atoms with Crippen LogP contribution in [-0.4, -0.2) is 40.7 Å². The molecule has 0 saturated carbocycles. The van der Waals surface area contributed by atoms with Crippen molar-refractivity contribution in [3.8, 4) is 0 Å². The second-order valence-corrected chi connectivity index (χ2v) is 5.45. The van der Waals surface area contributed by atoms with E-state index in [9.17, 15) is 0 Å². The molecule has 3 nitrogen and oxygen atoms in total. The van der Waals surface area contributed by atoms with E-state index in [1.165, 1.54) is 35.9 Å². The quantitative estimate of drug-likeness (QED) is 0.865. The van der Waals surface area contributed by atoms with Crippen molar-refractivity contribution in [1.29, 1.82) is 0 Å². The lowest BCUT2D eigenvalue weighted by Crippen LogP contribution is -2.32. The van der Waals surface area contributed by atoms with Gasteiger partial charge < -0.3 is 10.1 Å². The van der Waals surface area contributed by atoms with Crippen LogP contribution in [0.15, 0.2) is 30.5 Å². The average Bonchev–Trinajstić information content (AvgIpc) is 3.04. The molecule has 1 aliphatic heterocycles. The Morgan fingerprint density at radius 1 is 1.32 bits per heavy atom. The largest absolute Gasteiger partial charge is 0.396 e. The molecule has 1 aromatic carbocycles. The van der Waals surface area contributed by atoms with Crippen molar-refractivity contribution in [3.63, 3.8) is 0 Å². The van der Waals surface area contributed by atoms with Crippen LogP contribution in [0.5, 0.6) is 0 Å². The Morgan fingerprint density at radius 3 is 3.11 bits per heavy atom. The molecule has 2 heterocycles. The second kappa shape index (κ2) is 5.76. The summed E-state index contributed by atoms with van der Waals surface area (Å²) in [4.78, 5) is 5.88. The van der Waals surface area contributed by atoms with Gasteiger partial charge in [-0.15, -0.1) is 0 Å².